The molecule has 2 aromatic carbocycles. The highest BCUT2D eigenvalue weighted by atomic mass is 35.5. The second-order valence-electron chi connectivity index (χ2n) is 7.99. The molecule has 1 fully saturated rings. The number of fused-ring (bicyclic) bond motifs is 1. The lowest BCUT2D eigenvalue weighted by molar-refractivity contribution is 0.178. The molecule has 1 saturated heterocycles. The highest BCUT2D eigenvalue weighted by molar-refractivity contribution is 7.95. The van der Waals surface area contributed by atoms with Gasteiger partial charge in [-0.05, 0) is 56.7 Å². The number of piperazine rings is 1. The SMILES string of the molecule is Cc1cc(F)ccc1N1c2ccccc2N(CCN2C[C@@H](C)N[C@@H](C)C2)S1(=O)=O.Cl.Cl. The minimum atomic E-state index is -3.80. The molecule has 0 radical (unpaired) electrons. The molecule has 0 aromatic heterocycles. The normalized spacial score (nSPS) is 22.5. The number of hydrogen-bond donors (Lipinski definition) is 1. The maximum atomic E-state index is 13.6. The van der Waals surface area contributed by atoms with Gasteiger partial charge in [0.25, 0.3) is 0 Å². The van der Waals surface area contributed by atoms with Crippen LogP contribution in [0, 0.1) is 12.7 Å². The molecule has 0 unspecified atom stereocenters. The maximum Gasteiger partial charge on any atom is 0.331 e. The van der Waals surface area contributed by atoms with Gasteiger partial charge in [0.05, 0.1) is 17.1 Å². The van der Waals surface area contributed by atoms with Gasteiger partial charge in [-0.3, -0.25) is 4.90 Å². The Morgan fingerprint density at radius 3 is 2.19 bits per heavy atom. The summed E-state index contributed by atoms with van der Waals surface area (Å²) in [7, 11) is -3.80. The molecule has 172 valence electrons. The first-order valence-corrected chi connectivity index (χ1v) is 11.3. The summed E-state index contributed by atoms with van der Waals surface area (Å²) in [6.45, 7) is 8.81. The van der Waals surface area contributed by atoms with E-state index >= 15 is 0 Å². The molecule has 2 aliphatic heterocycles. The standard InChI is InChI=1S/C21H27FN4O2S.2ClH/c1-15-12-18(22)8-9-19(15)26-21-7-5-4-6-20(21)25(29(26,27)28)11-10-24-13-16(2)23-17(3)14-24;;/h4-9,12,16-17,23H,10-11,13-14H2,1-3H3;2*1H/t16-,17+;;. The van der Waals surface area contributed by atoms with Crippen LogP contribution in [0.3, 0.4) is 0 Å². The Morgan fingerprint density at radius 2 is 1.58 bits per heavy atom. The predicted molar refractivity (Wildman–Crippen MR) is 129 cm³/mol. The lowest BCUT2D eigenvalue weighted by Crippen LogP contribution is -2.55. The summed E-state index contributed by atoms with van der Waals surface area (Å²) in [6, 6.07) is 12.2. The van der Waals surface area contributed by atoms with Crippen molar-refractivity contribution in [1.29, 1.82) is 0 Å². The van der Waals surface area contributed by atoms with Crippen molar-refractivity contribution in [3.05, 3.63) is 53.8 Å². The van der Waals surface area contributed by atoms with E-state index in [-0.39, 0.29) is 30.6 Å². The van der Waals surface area contributed by atoms with Crippen molar-refractivity contribution < 1.29 is 12.8 Å². The topological polar surface area (TPSA) is 55.9 Å². The van der Waals surface area contributed by atoms with Crippen molar-refractivity contribution in [1.82, 2.24) is 10.2 Å². The van der Waals surface area contributed by atoms with Crippen LogP contribution in [-0.2, 0) is 10.2 Å². The van der Waals surface area contributed by atoms with Gasteiger partial charge in [0.1, 0.15) is 5.82 Å². The van der Waals surface area contributed by atoms with Crippen molar-refractivity contribution in [3.63, 3.8) is 0 Å². The fourth-order valence-electron chi connectivity index (χ4n) is 4.39. The van der Waals surface area contributed by atoms with Crippen molar-refractivity contribution in [2.75, 3.05) is 34.8 Å². The van der Waals surface area contributed by atoms with Gasteiger partial charge in [-0.15, -0.1) is 24.8 Å². The average molecular weight is 491 g/mol. The number of benzene rings is 2. The number of nitrogens with one attached hydrogen (secondary N) is 1. The van der Waals surface area contributed by atoms with Crippen LogP contribution in [0.15, 0.2) is 42.5 Å². The van der Waals surface area contributed by atoms with Gasteiger partial charge in [0.15, 0.2) is 0 Å². The molecule has 0 bridgehead atoms. The third kappa shape index (κ3) is 4.93. The van der Waals surface area contributed by atoms with Crippen LogP contribution >= 0.6 is 24.8 Å². The van der Waals surface area contributed by atoms with Gasteiger partial charge >= 0.3 is 10.2 Å². The minimum Gasteiger partial charge on any atom is -0.309 e. The minimum absolute atomic E-state index is 0. The first kappa shape index (κ1) is 25.7. The number of anilines is 3. The highest BCUT2D eigenvalue weighted by Crippen LogP contribution is 2.45. The fraction of sp³-hybridized carbons (Fsp3) is 0.429. The molecule has 31 heavy (non-hydrogen) atoms. The largest absolute Gasteiger partial charge is 0.331 e. The van der Waals surface area contributed by atoms with Crippen LogP contribution in [0.1, 0.15) is 19.4 Å². The molecule has 6 nitrogen and oxygen atoms in total. The van der Waals surface area contributed by atoms with Crippen molar-refractivity contribution >= 4 is 52.1 Å². The number of halogens is 3. The first-order chi connectivity index (χ1) is 13.8. The van der Waals surface area contributed by atoms with E-state index in [0.717, 1.165) is 13.1 Å². The van der Waals surface area contributed by atoms with Gasteiger partial charge in [-0.25, -0.2) is 13.0 Å². The Kier molecular flexibility index (Phi) is 8.21. The third-order valence-corrected chi connectivity index (χ3v) is 7.30. The zero-order chi connectivity index (χ0) is 20.8. The molecule has 1 N–H and O–H groups in total. The van der Waals surface area contributed by atoms with Gasteiger partial charge in [0.2, 0.25) is 0 Å². The summed E-state index contributed by atoms with van der Waals surface area (Å²) >= 11 is 0. The summed E-state index contributed by atoms with van der Waals surface area (Å²) in [6.07, 6.45) is 0. The zero-order valence-electron chi connectivity index (χ0n) is 17.8. The van der Waals surface area contributed by atoms with E-state index in [0.29, 0.717) is 47.8 Å². The molecule has 0 saturated carbocycles. The van der Waals surface area contributed by atoms with Gasteiger partial charge in [-0.2, -0.15) is 8.42 Å². The predicted octanol–water partition coefficient (Wildman–Crippen LogP) is 3.86. The molecule has 2 aromatic rings. The molecular formula is C21H29Cl2FN4O2S. The summed E-state index contributed by atoms with van der Waals surface area (Å²) in [4.78, 5) is 2.30. The number of nitrogens with zero attached hydrogens (tertiary/aromatic N) is 3. The second-order valence-corrected chi connectivity index (χ2v) is 9.69. The van der Waals surface area contributed by atoms with E-state index in [1.165, 1.54) is 26.8 Å². The lowest BCUT2D eigenvalue weighted by Gasteiger charge is -2.36. The number of hydrogen-bond acceptors (Lipinski definition) is 4. The molecule has 0 aliphatic carbocycles. The van der Waals surface area contributed by atoms with E-state index in [2.05, 4.69) is 24.1 Å². The second kappa shape index (κ2) is 9.92. The maximum absolute atomic E-state index is 13.6. The van der Waals surface area contributed by atoms with E-state index < -0.39 is 10.2 Å². The van der Waals surface area contributed by atoms with Crippen molar-refractivity contribution in [2.24, 2.45) is 0 Å². The number of para-hydroxylation sites is 2. The van der Waals surface area contributed by atoms with E-state index in [1.54, 1.807) is 13.0 Å². The summed E-state index contributed by atoms with van der Waals surface area (Å²) in [5.74, 6) is -0.380. The number of rotatable bonds is 4. The Morgan fingerprint density at radius 1 is 0.968 bits per heavy atom. The van der Waals surface area contributed by atoms with Crippen LogP contribution in [0.2, 0.25) is 0 Å². The fourth-order valence-corrected chi connectivity index (χ4v) is 6.15. The van der Waals surface area contributed by atoms with Crippen LogP contribution in [0.25, 0.3) is 0 Å². The summed E-state index contributed by atoms with van der Waals surface area (Å²) < 4.78 is 43.4. The first-order valence-electron chi connectivity index (χ1n) is 9.94. The lowest BCUT2D eigenvalue weighted by atomic mass is 10.1. The molecule has 4 rings (SSSR count). The quantitative estimate of drug-likeness (QED) is 0.706. The van der Waals surface area contributed by atoms with Crippen LogP contribution in [0.5, 0.6) is 0 Å². The molecule has 0 amide bonds. The monoisotopic (exact) mass is 490 g/mol. The molecule has 2 atom stereocenters. The van der Waals surface area contributed by atoms with E-state index in [4.69, 9.17) is 0 Å². The Hall–Kier alpha value is -1.58. The molecule has 2 aliphatic rings. The zero-order valence-corrected chi connectivity index (χ0v) is 20.2. The molecule has 10 heteroatoms. The summed E-state index contributed by atoms with van der Waals surface area (Å²) in [5, 5.41) is 3.50. The van der Waals surface area contributed by atoms with Gasteiger partial charge in [-0.1, -0.05) is 12.1 Å². The Balaban J connectivity index is 0.00000171. The Bertz CT molecular complexity index is 1010. The number of aryl methyl sites for hydroxylation is 1. The highest BCUT2D eigenvalue weighted by Gasteiger charge is 2.41. The van der Waals surface area contributed by atoms with Gasteiger partial charge < -0.3 is 5.32 Å². The van der Waals surface area contributed by atoms with Gasteiger partial charge in [0, 0.05) is 38.3 Å². The van der Waals surface area contributed by atoms with Crippen molar-refractivity contribution in [3.8, 4) is 0 Å². The molecule has 0 spiro atoms. The van der Waals surface area contributed by atoms with Crippen LogP contribution in [0.4, 0.5) is 21.5 Å². The van der Waals surface area contributed by atoms with E-state index in [9.17, 15) is 12.8 Å². The summed E-state index contributed by atoms with van der Waals surface area (Å²) in [5.41, 5.74) is 2.32. The third-order valence-electron chi connectivity index (χ3n) is 5.51. The van der Waals surface area contributed by atoms with Crippen LogP contribution in [-0.4, -0.2) is 51.6 Å². The molecular weight excluding hydrogens is 462 g/mol. The van der Waals surface area contributed by atoms with Crippen LogP contribution < -0.4 is 13.9 Å². The van der Waals surface area contributed by atoms with E-state index in [1.807, 2.05) is 18.2 Å². The average Bonchev–Trinajstić information content (AvgIpc) is 2.86. The van der Waals surface area contributed by atoms with Crippen molar-refractivity contribution in [2.45, 2.75) is 32.9 Å². The molecule has 2 heterocycles. The Labute approximate surface area is 196 Å². The smallest absolute Gasteiger partial charge is 0.309 e.